The third-order valence-corrected chi connectivity index (χ3v) is 3.27. The summed E-state index contributed by atoms with van der Waals surface area (Å²) in [6, 6.07) is -1.69. The average Bonchev–Trinajstić information content (AvgIpc) is 2.48. The number of carbonyl (C=O) groups is 4. The Kier molecular flexibility index (Phi) is 10.4. The van der Waals surface area contributed by atoms with Gasteiger partial charge in [0.15, 0.2) is 0 Å². The molecule has 0 aliphatic rings. The van der Waals surface area contributed by atoms with E-state index in [2.05, 4.69) is 16.0 Å². The second-order valence-electron chi connectivity index (χ2n) is 6.82. The van der Waals surface area contributed by atoms with Gasteiger partial charge in [0.25, 0.3) is 0 Å². The predicted octanol–water partition coefficient (Wildman–Crippen LogP) is -0.792. The maximum atomic E-state index is 11.7. The Morgan fingerprint density at radius 1 is 0.880 bits per heavy atom. The molecule has 9 nitrogen and oxygen atoms in total. The van der Waals surface area contributed by atoms with Gasteiger partial charge in [-0.05, 0) is 24.7 Å². The van der Waals surface area contributed by atoms with Gasteiger partial charge in [-0.3, -0.25) is 14.4 Å². The van der Waals surface area contributed by atoms with E-state index in [1.165, 1.54) is 0 Å². The zero-order valence-electron chi connectivity index (χ0n) is 15.3. The molecule has 0 spiro atoms. The van der Waals surface area contributed by atoms with Crippen LogP contribution in [0.3, 0.4) is 0 Å². The lowest BCUT2D eigenvalue weighted by Crippen LogP contribution is -2.48. The van der Waals surface area contributed by atoms with E-state index in [0.29, 0.717) is 12.8 Å². The Bertz CT molecular complexity index is 479. The summed E-state index contributed by atoms with van der Waals surface area (Å²) >= 11 is 0. The van der Waals surface area contributed by atoms with Crippen molar-refractivity contribution < 1.29 is 24.3 Å². The monoisotopic (exact) mass is 358 g/mol. The van der Waals surface area contributed by atoms with Crippen LogP contribution in [0.25, 0.3) is 0 Å². The molecule has 0 saturated heterocycles. The first-order valence-corrected chi connectivity index (χ1v) is 8.35. The van der Waals surface area contributed by atoms with Gasteiger partial charge in [0, 0.05) is 0 Å². The molecule has 6 N–H and O–H groups in total. The van der Waals surface area contributed by atoms with Crippen LogP contribution in [0.5, 0.6) is 0 Å². The number of hydrogen-bond acceptors (Lipinski definition) is 5. The normalized spacial score (nSPS) is 13.2. The van der Waals surface area contributed by atoms with Crippen LogP contribution in [-0.2, 0) is 19.2 Å². The fourth-order valence-corrected chi connectivity index (χ4v) is 2.09. The smallest absolute Gasteiger partial charge is 0.326 e. The first-order chi connectivity index (χ1) is 11.5. The third kappa shape index (κ3) is 11.1. The number of nitrogens with one attached hydrogen (secondary N) is 3. The van der Waals surface area contributed by atoms with Crippen molar-refractivity contribution in [2.24, 2.45) is 17.6 Å². The highest BCUT2D eigenvalue weighted by atomic mass is 16.4. The van der Waals surface area contributed by atoms with Crippen molar-refractivity contribution in [1.82, 2.24) is 16.0 Å². The summed E-state index contributed by atoms with van der Waals surface area (Å²) in [7, 11) is 0. The van der Waals surface area contributed by atoms with E-state index < -0.39 is 35.8 Å². The molecule has 0 heterocycles. The van der Waals surface area contributed by atoms with Gasteiger partial charge in [-0.1, -0.05) is 27.7 Å². The van der Waals surface area contributed by atoms with Gasteiger partial charge in [-0.15, -0.1) is 0 Å². The van der Waals surface area contributed by atoms with E-state index in [4.69, 9.17) is 10.8 Å². The minimum absolute atomic E-state index is 0.0984. The highest BCUT2D eigenvalue weighted by Crippen LogP contribution is 2.04. The van der Waals surface area contributed by atoms with Crippen molar-refractivity contribution in [3.63, 3.8) is 0 Å². The minimum atomic E-state index is -1.13. The van der Waals surface area contributed by atoms with Crippen LogP contribution in [0.1, 0.15) is 40.5 Å². The molecular weight excluding hydrogens is 328 g/mol. The van der Waals surface area contributed by atoms with Crippen molar-refractivity contribution in [2.45, 2.75) is 52.6 Å². The molecule has 2 atom stereocenters. The van der Waals surface area contributed by atoms with Gasteiger partial charge in [0.2, 0.25) is 17.7 Å². The Hall–Kier alpha value is -2.16. The number of carbonyl (C=O) groups excluding carboxylic acids is 3. The van der Waals surface area contributed by atoms with Crippen LogP contribution < -0.4 is 21.7 Å². The molecule has 0 saturated carbocycles. The second-order valence-corrected chi connectivity index (χ2v) is 6.82. The fraction of sp³-hybridized carbons (Fsp3) is 0.750. The first-order valence-electron chi connectivity index (χ1n) is 8.35. The molecule has 3 amide bonds. The molecule has 0 aliphatic carbocycles. The Balaban J connectivity index is 4.17. The topological polar surface area (TPSA) is 151 Å². The summed E-state index contributed by atoms with van der Waals surface area (Å²) < 4.78 is 0. The maximum absolute atomic E-state index is 11.7. The number of carboxylic acid groups (broad SMARTS) is 1. The van der Waals surface area contributed by atoms with Crippen molar-refractivity contribution in [1.29, 1.82) is 0 Å². The summed E-state index contributed by atoms with van der Waals surface area (Å²) in [4.78, 5) is 46.1. The van der Waals surface area contributed by atoms with Gasteiger partial charge in [-0.2, -0.15) is 0 Å². The number of carboxylic acids is 1. The summed E-state index contributed by atoms with van der Waals surface area (Å²) in [5.41, 5.74) is 5.69. The van der Waals surface area contributed by atoms with E-state index in [1.807, 2.05) is 27.7 Å². The molecule has 0 aliphatic heterocycles. The van der Waals surface area contributed by atoms with Crippen molar-refractivity contribution >= 4 is 23.7 Å². The van der Waals surface area contributed by atoms with E-state index in [1.54, 1.807) is 0 Å². The van der Waals surface area contributed by atoms with Crippen LogP contribution in [0.2, 0.25) is 0 Å². The molecule has 0 aromatic rings. The summed E-state index contributed by atoms with van der Waals surface area (Å²) in [5.74, 6) is -2.37. The van der Waals surface area contributed by atoms with Crippen LogP contribution >= 0.6 is 0 Å². The number of aliphatic carboxylic acids is 1. The number of nitrogens with two attached hydrogens (primary N) is 1. The molecule has 0 rings (SSSR count). The Morgan fingerprint density at radius 3 is 1.88 bits per heavy atom. The average molecular weight is 358 g/mol. The van der Waals surface area contributed by atoms with Gasteiger partial charge in [-0.25, -0.2) is 4.79 Å². The van der Waals surface area contributed by atoms with Gasteiger partial charge in [0.1, 0.15) is 6.04 Å². The van der Waals surface area contributed by atoms with Crippen LogP contribution in [-0.4, -0.2) is 54.0 Å². The maximum Gasteiger partial charge on any atom is 0.326 e. The van der Waals surface area contributed by atoms with E-state index >= 15 is 0 Å². The molecule has 0 fully saturated rings. The highest BCUT2D eigenvalue weighted by molar-refractivity contribution is 5.90. The summed E-state index contributed by atoms with van der Waals surface area (Å²) in [5, 5.41) is 16.1. The van der Waals surface area contributed by atoms with Crippen LogP contribution in [0.15, 0.2) is 0 Å². The van der Waals surface area contributed by atoms with Crippen molar-refractivity contribution in [3.8, 4) is 0 Å². The molecule has 0 aromatic heterocycles. The Labute approximate surface area is 148 Å². The molecular formula is C16H30N4O5. The van der Waals surface area contributed by atoms with E-state index in [-0.39, 0.29) is 24.9 Å². The quantitative estimate of drug-likeness (QED) is 0.326. The zero-order chi connectivity index (χ0) is 19.6. The first kappa shape index (κ1) is 22.8. The third-order valence-electron chi connectivity index (χ3n) is 3.27. The molecule has 25 heavy (non-hydrogen) atoms. The minimum Gasteiger partial charge on any atom is -0.480 e. The number of rotatable bonds is 11. The second kappa shape index (κ2) is 11.4. The lowest BCUT2D eigenvalue weighted by molar-refractivity contribution is -0.142. The molecule has 144 valence electrons. The summed E-state index contributed by atoms with van der Waals surface area (Å²) in [6.07, 6.45) is 0.793. The molecule has 0 bridgehead atoms. The fourth-order valence-electron chi connectivity index (χ4n) is 2.09. The molecule has 0 aromatic carbocycles. The molecule has 0 unspecified atom stereocenters. The molecule has 0 radical (unpaired) electrons. The van der Waals surface area contributed by atoms with E-state index in [9.17, 15) is 19.2 Å². The number of amides is 3. The van der Waals surface area contributed by atoms with Crippen LogP contribution in [0, 0.1) is 11.8 Å². The largest absolute Gasteiger partial charge is 0.480 e. The zero-order valence-corrected chi connectivity index (χ0v) is 15.3. The Morgan fingerprint density at radius 2 is 1.40 bits per heavy atom. The lowest BCUT2D eigenvalue weighted by Gasteiger charge is -2.17. The SMILES string of the molecule is CC(C)C[C@H](NC(=O)CNC(=O)CNC(=O)[C@@H](N)CC(C)C)C(=O)O. The summed E-state index contributed by atoms with van der Waals surface area (Å²) in [6.45, 7) is 6.89. The predicted molar refractivity (Wildman–Crippen MR) is 92.5 cm³/mol. The van der Waals surface area contributed by atoms with Gasteiger partial charge in [0.05, 0.1) is 19.1 Å². The molecule has 9 heteroatoms. The van der Waals surface area contributed by atoms with Crippen molar-refractivity contribution in [2.75, 3.05) is 13.1 Å². The standard InChI is InChI=1S/C16H30N4O5/c1-9(2)5-11(17)15(23)19-7-13(21)18-8-14(22)20-12(16(24)25)6-10(3)4/h9-12H,5-8,17H2,1-4H3,(H,18,21)(H,19,23)(H,20,22)(H,24,25)/t11-,12-/m0/s1. The van der Waals surface area contributed by atoms with Gasteiger partial charge < -0.3 is 26.8 Å². The lowest BCUT2D eigenvalue weighted by atomic mass is 10.0. The highest BCUT2D eigenvalue weighted by Gasteiger charge is 2.21. The van der Waals surface area contributed by atoms with Gasteiger partial charge >= 0.3 is 5.97 Å². The van der Waals surface area contributed by atoms with Crippen LogP contribution in [0.4, 0.5) is 0 Å². The van der Waals surface area contributed by atoms with Crippen molar-refractivity contribution in [3.05, 3.63) is 0 Å². The van der Waals surface area contributed by atoms with E-state index in [0.717, 1.165) is 0 Å². The number of hydrogen-bond donors (Lipinski definition) is 5.